The normalized spacial score (nSPS) is 14.0. The quantitative estimate of drug-likeness (QED) is 0.704. The first-order valence-corrected chi connectivity index (χ1v) is 6.83. The predicted octanol–water partition coefficient (Wildman–Crippen LogP) is 0.379. The number of aliphatic hydroxyl groups is 1. The van der Waals surface area contributed by atoms with Gasteiger partial charge in [0.15, 0.2) is 0 Å². The average molecular weight is 250 g/mol. The van der Waals surface area contributed by atoms with Crippen molar-refractivity contribution in [3.63, 3.8) is 0 Å². The molecule has 15 heavy (non-hydrogen) atoms. The third kappa shape index (κ3) is 3.16. The molecule has 1 rings (SSSR count). The molecule has 0 saturated heterocycles. The van der Waals surface area contributed by atoms with Crippen LogP contribution in [0.5, 0.6) is 0 Å². The fourth-order valence-corrected chi connectivity index (χ4v) is 3.41. The largest absolute Gasteiger partial charge is 0.398 e. The molecule has 5 nitrogen and oxygen atoms in total. The lowest BCUT2D eigenvalue weighted by Crippen LogP contribution is -2.36. The van der Waals surface area contributed by atoms with Gasteiger partial charge in [0.25, 0.3) is 0 Å². The number of nitrogens with one attached hydrogen (secondary N) is 1. The Kier molecular flexibility index (Phi) is 4.09. The van der Waals surface area contributed by atoms with Gasteiger partial charge in [-0.2, -0.15) is 0 Å². The van der Waals surface area contributed by atoms with Crippen LogP contribution in [0.4, 0.5) is 5.69 Å². The summed E-state index contributed by atoms with van der Waals surface area (Å²) in [5, 5.41) is 10.5. The van der Waals surface area contributed by atoms with Crippen LogP contribution in [0.3, 0.4) is 0 Å². The highest BCUT2D eigenvalue weighted by molar-refractivity contribution is 7.91. The lowest BCUT2D eigenvalue weighted by molar-refractivity contribution is 0.254. The molecule has 0 fully saturated rings. The smallest absolute Gasteiger partial charge is 0.250 e. The number of hydrogen-bond donors (Lipinski definition) is 3. The highest BCUT2D eigenvalue weighted by Gasteiger charge is 2.19. The van der Waals surface area contributed by atoms with Gasteiger partial charge < -0.3 is 10.8 Å². The van der Waals surface area contributed by atoms with Crippen LogP contribution in [0.1, 0.15) is 13.3 Å². The van der Waals surface area contributed by atoms with E-state index in [0.717, 1.165) is 11.3 Å². The minimum absolute atomic E-state index is 0.173. The summed E-state index contributed by atoms with van der Waals surface area (Å²) in [6.07, 6.45) is 0.538. The molecular weight excluding hydrogens is 236 g/mol. The van der Waals surface area contributed by atoms with Crippen molar-refractivity contribution in [2.24, 2.45) is 0 Å². The Morgan fingerprint density at radius 3 is 2.73 bits per heavy atom. The fraction of sp³-hybridized carbons (Fsp3) is 0.500. The zero-order chi connectivity index (χ0) is 11.5. The summed E-state index contributed by atoms with van der Waals surface area (Å²) < 4.78 is 26.0. The summed E-state index contributed by atoms with van der Waals surface area (Å²) in [4.78, 5) is 0. The topological polar surface area (TPSA) is 92.4 Å². The molecule has 1 aromatic heterocycles. The van der Waals surface area contributed by atoms with E-state index in [0.29, 0.717) is 12.1 Å². The van der Waals surface area contributed by atoms with Crippen LogP contribution in [0.2, 0.25) is 0 Å². The summed E-state index contributed by atoms with van der Waals surface area (Å²) in [6, 6.07) is 0.954. The molecule has 0 bridgehead atoms. The van der Waals surface area contributed by atoms with Crippen LogP contribution in [-0.2, 0) is 10.0 Å². The number of aliphatic hydroxyl groups excluding tert-OH is 1. The molecule has 1 heterocycles. The van der Waals surface area contributed by atoms with Crippen LogP contribution in [0, 0.1) is 0 Å². The van der Waals surface area contributed by atoms with Gasteiger partial charge in [0.05, 0.1) is 6.61 Å². The van der Waals surface area contributed by atoms with Crippen LogP contribution < -0.4 is 10.5 Å². The van der Waals surface area contributed by atoms with Crippen molar-refractivity contribution in [3.05, 3.63) is 11.4 Å². The van der Waals surface area contributed by atoms with Crippen molar-refractivity contribution in [2.75, 3.05) is 12.3 Å². The molecule has 0 aliphatic heterocycles. The number of sulfonamides is 1. The number of nitrogen functional groups attached to an aromatic ring is 1. The molecule has 0 amide bonds. The first-order valence-electron chi connectivity index (χ1n) is 4.46. The molecule has 0 aliphatic rings. The summed E-state index contributed by atoms with van der Waals surface area (Å²) >= 11 is 1.06. The standard InChI is InChI=1S/C8H14N2O3S2/c1-2-7(4-11)10-15(12,13)8-3-6(9)5-14-8/h3,5,7,10-11H,2,4,9H2,1H3/t7-/m0/s1. The van der Waals surface area contributed by atoms with Gasteiger partial charge in [0, 0.05) is 17.1 Å². The molecule has 1 aromatic rings. The number of rotatable bonds is 5. The number of thiophene rings is 1. The number of anilines is 1. The van der Waals surface area contributed by atoms with Crippen molar-refractivity contribution < 1.29 is 13.5 Å². The van der Waals surface area contributed by atoms with E-state index in [4.69, 9.17) is 10.8 Å². The zero-order valence-electron chi connectivity index (χ0n) is 8.30. The van der Waals surface area contributed by atoms with Crippen LogP contribution in [0.15, 0.2) is 15.7 Å². The van der Waals surface area contributed by atoms with E-state index in [-0.39, 0.29) is 10.8 Å². The van der Waals surface area contributed by atoms with Crippen LogP contribution >= 0.6 is 11.3 Å². The zero-order valence-corrected chi connectivity index (χ0v) is 9.94. The van der Waals surface area contributed by atoms with Gasteiger partial charge in [-0.25, -0.2) is 13.1 Å². The predicted molar refractivity (Wildman–Crippen MR) is 60.2 cm³/mol. The molecule has 7 heteroatoms. The second kappa shape index (κ2) is 4.93. The van der Waals surface area contributed by atoms with E-state index in [1.54, 1.807) is 12.3 Å². The molecule has 0 aromatic carbocycles. The molecule has 0 unspecified atom stereocenters. The maximum absolute atomic E-state index is 11.7. The van der Waals surface area contributed by atoms with Gasteiger partial charge in [-0.05, 0) is 12.5 Å². The molecule has 4 N–H and O–H groups in total. The minimum atomic E-state index is -3.53. The van der Waals surface area contributed by atoms with E-state index in [1.807, 2.05) is 0 Å². The second-order valence-corrected chi connectivity index (χ2v) is 5.96. The van der Waals surface area contributed by atoms with Crippen molar-refractivity contribution in [1.82, 2.24) is 4.72 Å². The maximum atomic E-state index is 11.7. The van der Waals surface area contributed by atoms with E-state index >= 15 is 0 Å². The van der Waals surface area contributed by atoms with E-state index in [9.17, 15) is 8.42 Å². The van der Waals surface area contributed by atoms with Crippen molar-refractivity contribution in [1.29, 1.82) is 0 Å². The Balaban J connectivity index is 2.84. The summed E-state index contributed by atoms with van der Waals surface area (Å²) in [6.45, 7) is 1.59. The van der Waals surface area contributed by atoms with Gasteiger partial charge in [-0.15, -0.1) is 11.3 Å². The van der Waals surface area contributed by atoms with Gasteiger partial charge in [0.2, 0.25) is 10.0 Å². The van der Waals surface area contributed by atoms with Gasteiger partial charge in [-0.3, -0.25) is 0 Å². The molecule has 0 aliphatic carbocycles. The van der Waals surface area contributed by atoms with Crippen molar-refractivity contribution >= 4 is 27.0 Å². The Morgan fingerprint density at radius 1 is 1.67 bits per heavy atom. The third-order valence-corrected chi connectivity index (χ3v) is 4.87. The van der Waals surface area contributed by atoms with Gasteiger partial charge in [-0.1, -0.05) is 6.92 Å². The van der Waals surface area contributed by atoms with Gasteiger partial charge >= 0.3 is 0 Å². The summed E-state index contributed by atoms with van der Waals surface area (Å²) in [5.41, 5.74) is 5.87. The highest BCUT2D eigenvalue weighted by Crippen LogP contribution is 2.21. The first-order chi connectivity index (χ1) is 6.99. The molecule has 0 radical (unpaired) electrons. The molecular formula is C8H14N2O3S2. The Bertz CT molecular complexity index is 409. The first kappa shape index (κ1) is 12.4. The third-order valence-electron chi connectivity index (χ3n) is 1.90. The lowest BCUT2D eigenvalue weighted by atomic mass is 10.3. The highest BCUT2D eigenvalue weighted by atomic mass is 32.2. The average Bonchev–Trinajstić information content (AvgIpc) is 2.62. The van der Waals surface area contributed by atoms with Crippen LogP contribution in [0.25, 0.3) is 0 Å². The molecule has 1 atom stereocenters. The minimum Gasteiger partial charge on any atom is -0.398 e. The Hall–Kier alpha value is -0.630. The van der Waals surface area contributed by atoms with Crippen molar-refractivity contribution in [2.45, 2.75) is 23.6 Å². The SMILES string of the molecule is CC[C@@H](CO)NS(=O)(=O)c1cc(N)cs1. The van der Waals surface area contributed by atoms with Crippen LogP contribution in [-0.4, -0.2) is 26.2 Å². The number of hydrogen-bond acceptors (Lipinski definition) is 5. The molecule has 86 valence electrons. The molecule has 0 saturated carbocycles. The Labute approximate surface area is 93.0 Å². The summed E-state index contributed by atoms with van der Waals surface area (Å²) in [5.74, 6) is 0. The Morgan fingerprint density at radius 2 is 2.33 bits per heavy atom. The monoisotopic (exact) mass is 250 g/mol. The maximum Gasteiger partial charge on any atom is 0.250 e. The summed E-state index contributed by atoms with van der Waals surface area (Å²) in [7, 11) is -3.53. The van der Waals surface area contributed by atoms with Crippen molar-refractivity contribution in [3.8, 4) is 0 Å². The van der Waals surface area contributed by atoms with E-state index in [1.165, 1.54) is 6.07 Å². The van der Waals surface area contributed by atoms with Gasteiger partial charge in [0.1, 0.15) is 4.21 Å². The molecule has 0 spiro atoms. The van der Waals surface area contributed by atoms with E-state index < -0.39 is 16.1 Å². The fourth-order valence-electron chi connectivity index (χ4n) is 0.998. The van der Waals surface area contributed by atoms with E-state index in [2.05, 4.69) is 4.72 Å². The number of nitrogens with two attached hydrogens (primary N) is 1. The second-order valence-electron chi connectivity index (χ2n) is 3.11. The lowest BCUT2D eigenvalue weighted by Gasteiger charge is -2.12.